The maximum Gasteiger partial charge on any atom is 0.325 e. The number of imide groups is 1. The average Bonchev–Trinajstić information content (AvgIpc) is 2.64. The molecule has 0 aromatic heterocycles. The third-order valence-electron chi connectivity index (χ3n) is 3.07. The molecule has 108 valence electrons. The lowest BCUT2D eigenvalue weighted by Crippen LogP contribution is -2.32. The van der Waals surface area contributed by atoms with Crippen molar-refractivity contribution in [1.29, 1.82) is 0 Å². The van der Waals surface area contributed by atoms with Gasteiger partial charge in [-0.3, -0.25) is 9.69 Å². The van der Waals surface area contributed by atoms with Gasteiger partial charge in [0.05, 0.1) is 12.3 Å². The first-order valence-electron chi connectivity index (χ1n) is 6.20. The second-order valence-electron chi connectivity index (χ2n) is 4.83. The smallest absolute Gasteiger partial charge is 0.325 e. The summed E-state index contributed by atoms with van der Waals surface area (Å²) in [5.41, 5.74) is 0.847. The van der Waals surface area contributed by atoms with Crippen LogP contribution in [0.2, 0.25) is 0 Å². The summed E-state index contributed by atoms with van der Waals surface area (Å²) in [5.74, 6) is -0.495. The Morgan fingerprint density at radius 1 is 1.20 bits per heavy atom. The molecule has 3 amide bonds. The van der Waals surface area contributed by atoms with Gasteiger partial charge in [0.2, 0.25) is 0 Å². The molecule has 1 N–H and O–H groups in total. The number of rotatable bonds is 5. The lowest BCUT2D eigenvalue weighted by atomic mass is 10.2. The molecule has 0 radical (unpaired) electrons. The zero-order valence-electron chi connectivity index (χ0n) is 11.1. The zero-order chi connectivity index (χ0) is 14.8. The van der Waals surface area contributed by atoms with Crippen LogP contribution in [-0.2, 0) is 21.2 Å². The number of amides is 3. The molecule has 1 atom stereocenters. The number of carbonyl (C=O) groups is 2. The minimum Gasteiger partial charge on any atom is -0.326 e. The van der Waals surface area contributed by atoms with Crippen LogP contribution < -0.4 is 5.32 Å². The number of carbonyl (C=O) groups excluding carboxylic acids is 2. The van der Waals surface area contributed by atoms with Crippen molar-refractivity contribution in [3.8, 4) is 0 Å². The molecule has 1 aliphatic rings. The van der Waals surface area contributed by atoms with Crippen molar-refractivity contribution in [2.75, 3.05) is 12.0 Å². The number of hydrogen-bond donors (Lipinski definition) is 1. The van der Waals surface area contributed by atoms with Gasteiger partial charge in [-0.1, -0.05) is 30.3 Å². The number of hydrogen-bond acceptors (Lipinski definition) is 4. The minimum absolute atomic E-state index is 0.106. The van der Waals surface area contributed by atoms with Gasteiger partial charge in [0.25, 0.3) is 5.91 Å². The standard InChI is InChI=1S/C13H16N2O4S/c1-20(18,19)8-7-11-12(16)15(13(17)14-11)9-10-5-3-2-4-6-10/h2-6,11H,7-9H2,1H3,(H,14,17)/t11-/m1/s1. The fraction of sp³-hybridized carbons (Fsp3) is 0.385. The van der Waals surface area contributed by atoms with E-state index in [1.807, 2.05) is 30.3 Å². The van der Waals surface area contributed by atoms with Gasteiger partial charge in [-0.2, -0.15) is 0 Å². The van der Waals surface area contributed by atoms with Crippen LogP contribution in [0.15, 0.2) is 30.3 Å². The minimum atomic E-state index is -3.15. The maximum atomic E-state index is 12.1. The van der Waals surface area contributed by atoms with E-state index in [4.69, 9.17) is 0 Å². The van der Waals surface area contributed by atoms with Gasteiger partial charge in [0.1, 0.15) is 15.9 Å². The lowest BCUT2D eigenvalue weighted by Gasteiger charge is -2.12. The van der Waals surface area contributed by atoms with Crippen LogP contribution in [0, 0.1) is 0 Å². The Hall–Kier alpha value is -1.89. The molecular formula is C13H16N2O4S. The highest BCUT2D eigenvalue weighted by Crippen LogP contribution is 2.14. The van der Waals surface area contributed by atoms with E-state index in [1.54, 1.807) is 0 Å². The molecule has 1 fully saturated rings. The van der Waals surface area contributed by atoms with E-state index in [-0.39, 0.29) is 24.6 Å². The Bertz CT molecular complexity index is 613. The predicted molar refractivity (Wildman–Crippen MR) is 73.6 cm³/mol. The highest BCUT2D eigenvalue weighted by molar-refractivity contribution is 7.90. The molecule has 0 unspecified atom stereocenters. The molecule has 7 heteroatoms. The summed E-state index contributed by atoms with van der Waals surface area (Å²) < 4.78 is 22.2. The largest absolute Gasteiger partial charge is 0.326 e. The Morgan fingerprint density at radius 3 is 2.45 bits per heavy atom. The summed E-state index contributed by atoms with van der Waals surface area (Å²) in [6.07, 6.45) is 1.21. The summed E-state index contributed by atoms with van der Waals surface area (Å²) in [6, 6.07) is 7.93. The number of benzene rings is 1. The zero-order valence-corrected chi connectivity index (χ0v) is 11.9. The van der Waals surface area contributed by atoms with Gasteiger partial charge in [-0.15, -0.1) is 0 Å². The van der Waals surface area contributed by atoms with Crippen molar-refractivity contribution in [3.05, 3.63) is 35.9 Å². The molecule has 0 saturated carbocycles. The fourth-order valence-corrected chi connectivity index (χ4v) is 2.68. The monoisotopic (exact) mass is 296 g/mol. The summed E-state index contributed by atoms with van der Waals surface area (Å²) in [7, 11) is -3.15. The molecule has 0 bridgehead atoms. The van der Waals surface area contributed by atoms with Crippen LogP contribution in [0.5, 0.6) is 0 Å². The second kappa shape index (κ2) is 5.62. The Labute approximate surface area is 117 Å². The van der Waals surface area contributed by atoms with Crippen molar-refractivity contribution >= 4 is 21.8 Å². The van der Waals surface area contributed by atoms with E-state index in [0.717, 1.165) is 16.7 Å². The van der Waals surface area contributed by atoms with Crippen molar-refractivity contribution < 1.29 is 18.0 Å². The third kappa shape index (κ3) is 3.57. The first-order valence-corrected chi connectivity index (χ1v) is 8.26. The first-order chi connectivity index (χ1) is 9.37. The van der Waals surface area contributed by atoms with Gasteiger partial charge >= 0.3 is 6.03 Å². The van der Waals surface area contributed by atoms with Crippen LogP contribution in [0.4, 0.5) is 4.79 Å². The van der Waals surface area contributed by atoms with Crippen LogP contribution in [-0.4, -0.2) is 43.3 Å². The van der Waals surface area contributed by atoms with E-state index < -0.39 is 21.9 Å². The molecule has 0 spiro atoms. The summed E-state index contributed by atoms with van der Waals surface area (Å²) in [6.45, 7) is 0.195. The van der Waals surface area contributed by atoms with Crippen LogP contribution in [0.25, 0.3) is 0 Å². The predicted octanol–water partition coefficient (Wildman–Crippen LogP) is 0.542. The number of sulfone groups is 1. The number of nitrogens with one attached hydrogen (secondary N) is 1. The van der Waals surface area contributed by atoms with Crippen LogP contribution in [0.3, 0.4) is 0 Å². The van der Waals surface area contributed by atoms with Crippen molar-refractivity contribution in [2.24, 2.45) is 0 Å². The maximum absolute atomic E-state index is 12.1. The average molecular weight is 296 g/mol. The third-order valence-corrected chi connectivity index (χ3v) is 4.05. The molecule has 1 saturated heterocycles. The number of urea groups is 1. The van der Waals surface area contributed by atoms with Crippen molar-refractivity contribution in [1.82, 2.24) is 10.2 Å². The van der Waals surface area contributed by atoms with Gasteiger partial charge in [-0.25, -0.2) is 13.2 Å². The van der Waals surface area contributed by atoms with Gasteiger partial charge in [-0.05, 0) is 12.0 Å². The molecule has 1 heterocycles. The fourth-order valence-electron chi connectivity index (χ4n) is 2.02. The van der Waals surface area contributed by atoms with Crippen molar-refractivity contribution in [3.63, 3.8) is 0 Å². The Kier molecular flexibility index (Phi) is 4.08. The SMILES string of the molecule is CS(=O)(=O)CC[C@H]1NC(=O)N(Cc2ccccc2)C1=O. The van der Waals surface area contributed by atoms with Crippen molar-refractivity contribution in [2.45, 2.75) is 19.0 Å². The van der Waals surface area contributed by atoms with E-state index in [1.165, 1.54) is 0 Å². The van der Waals surface area contributed by atoms with Gasteiger partial charge < -0.3 is 5.32 Å². The highest BCUT2D eigenvalue weighted by atomic mass is 32.2. The molecule has 6 nitrogen and oxygen atoms in total. The lowest BCUT2D eigenvalue weighted by molar-refractivity contribution is -0.127. The first kappa shape index (κ1) is 14.5. The van der Waals surface area contributed by atoms with E-state index in [2.05, 4.69) is 5.32 Å². The van der Waals surface area contributed by atoms with E-state index >= 15 is 0 Å². The molecule has 1 aliphatic heterocycles. The van der Waals surface area contributed by atoms with Crippen LogP contribution >= 0.6 is 0 Å². The van der Waals surface area contributed by atoms with Gasteiger partial charge in [0.15, 0.2) is 0 Å². The summed E-state index contributed by atoms with van der Waals surface area (Å²) in [5, 5.41) is 2.52. The molecule has 0 aliphatic carbocycles. The van der Waals surface area contributed by atoms with Crippen LogP contribution in [0.1, 0.15) is 12.0 Å². The molecule has 20 heavy (non-hydrogen) atoms. The highest BCUT2D eigenvalue weighted by Gasteiger charge is 2.37. The van der Waals surface area contributed by atoms with E-state index in [0.29, 0.717) is 0 Å². The molecule has 1 aromatic rings. The second-order valence-corrected chi connectivity index (χ2v) is 7.09. The summed E-state index contributed by atoms with van der Waals surface area (Å²) >= 11 is 0. The van der Waals surface area contributed by atoms with E-state index in [9.17, 15) is 18.0 Å². The quantitative estimate of drug-likeness (QED) is 0.804. The Morgan fingerprint density at radius 2 is 1.85 bits per heavy atom. The number of nitrogens with zero attached hydrogens (tertiary/aromatic N) is 1. The molecular weight excluding hydrogens is 280 g/mol. The normalized spacial score (nSPS) is 19.2. The molecule has 1 aromatic carbocycles. The Balaban J connectivity index is 2.02. The van der Waals surface area contributed by atoms with Gasteiger partial charge in [0, 0.05) is 6.26 Å². The molecule has 2 rings (SSSR count). The topological polar surface area (TPSA) is 83.6 Å². The summed E-state index contributed by atoms with van der Waals surface area (Å²) in [4.78, 5) is 25.0.